The van der Waals surface area contributed by atoms with E-state index in [0.717, 1.165) is 31.7 Å². The Morgan fingerprint density at radius 1 is 1.14 bits per heavy atom. The van der Waals surface area contributed by atoms with Crippen molar-refractivity contribution >= 4 is 40.6 Å². The van der Waals surface area contributed by atoms with Crippen LogP contribution in [0.2, 0.25) is 10.0 Å². The fourth-order valence-corrected chi connectivity index (χ4v) is 3.11. The summed E-state index contributed by atoms with van der Waals surface area (Å²) < 4.78 is 0. The van der Waals surface area contributed by atoms with Crippen LogP contribution in [0.3, 0.4) is 0 Å². The highest BCUT2D eigenvalue weighted by molar-refractivity contribution is 6.35. The molecule has 2 heterocycles. The van der Waals surface area contributed by atoms with E-state index in [1.54, 1.807) is 36.5 Å². The summed E-state index contributed by atoms with van der Waals surface area (Å²) in [6, 6.07) is 8.49. The minimum Gasteiger partial charge on any atom is -0.356 e. The standard InChI is InChI=1S/C16H15Cl2N3O/c17-11-8-12(18)10-13(9-11)20-16(22)14-4-3-5-19-15(14)21-6-1-2-7-21/h3-5,8-10H,1-2,6-7H2,(H,20,22). The van der Waals surface area contributed by atoms with Gasteiger partial charge < -0.3 is 10.2 Å². The molecule has 1 fully saturated rings. The number of amides is 1. The lowest BCUT2D eigenvalue weighted by Crippen LogP contribution is -2.24. The van der Waals surface area contributed by atoms with Gasteiger partial charge >= 0.3 is 0 Å². The van der Waals surface area contributed by atoms with Gasteiger partial charge in [-0.05, 0) is 43.2 Å². The molecule has 0 bridgehead atoms. The summed E-state index contributed by atoms with van der Waals surface area (Å²) in [6.07, 6.45) is 3.96. The lowest BCUT2D eigenvalue weighted by atomic mass is 10.2. The Morgan fingerprint density at radius 3 is 2.50 bits per heavy atom. The molecular formula is C16H15Cl2N3O. The summed E-state index contributed by atoms with van der Waals surface area (Å²) in [4.78, 5) is 19.1. The van der Waals surface area contributed by atoms with Crippen LogP contribution in [0.1, 0.15) is 23.2 Å². The van der Waals surface area contributed by atoms with E-state index in [4.69, 9.17) is 23.2 Å². The smallest absolute Gasteiger partial charge is 0.259 e. The molecule has 4 nitrogen and oxygen atoms in total. The maximum Gasteiger partial charge on any atom is 0.259 e. The molecule has 1 aromatic heterocycles. The predicted octanol–water partition coefficient (Wildman–Crippen LogP) is 4.24. The predicted molar refractivity (Wildman–Crippen MR) is 90.1 cm³/mol. The molecule has 2 aromatic rings. The van der Waals surface area contributed by atoms with Crippen LogP contribution in [0.4, 0.5) is 11.5 Å². The first-order valence-electron chi connectivity index (χ1n) is 7.11. The van der Waals surface area contributed by atoms with E-state index in [1.165, 1.54) is 0 Å². The number of aromatic nitrogens is 1. The SMILES string of the molecule is O=C(Nc1cc(Cl)cc(Cl)c1)c1cccnc1N1CCCC1. The topological polar surface area (TPSA) is 45.2 Å². The average molecular weight is 336 g/mol. The third kappa shape index (κ3) is 3.34. The Labute approximate surface area is 139 Å². The summed E-state index contributed by atoms with van der Waals surface area (Å²) in [5.74, 6) is 0.513. The van der Waals surface area contributed by atoms with Crippen LogP contribution < -0.4 is 10.2 Å². The van der Waals surface area contributed by atoms with Crippen molar-refractivity contribution in [3.63, 3.8) is 0 Å². The van der Waals surface area contributed by atoms with Crippen molar-refractivity contribution in [1.29, 1.82) is 0 Å². The quantitative estimate of drug-likeness (QED) is 0.912. The molecule has 1 aliphatic heterocycles. The summed E-state index contributed by atoms with van der Waals surface area (Å²) in [6.45, 7) is 1.86. The monoisotopic (exact) mass is 335 g/mol. The summed E-state index contributed by atoms with van der Waals surface area (Å²) >= 11 is 11.9. The number of nitrogens with zero attached hydrogens (tertiary/aromatic N) is 2. The Hall–Kier alpha value is -1.78. The van der Waals surface area contributed by atoms with Crippen LogP contribution in [-0.2, 0) is 0 Å². The number of anilines is 2. The number of halogens is 2. The zero-order valence-corrected chi connectivity index (χ0v) is 13.4. The molecule has 1 aromatic carbocycles. The second kappa shape index (κ2) is 6.55. The first-order valence-corrected chi connectivity index (χ1v) is 7.86. The van der Waals surface area contributed by atoms with Gasteiger partial charge in [0.1, 0.15) is 5.82 Å². The number of rotatable bonds is 3. The Bertz CT molecular complexity index is 679. The van der Waals surface area contributed by atoms with E-state index in [2.05, 4.69) is 15.2 Å². The van der Waals surface area contributed by atoms with Crippen LogP contribution in [0.25, 0.3) is 0 Å². The molecule has 0 unspecified atom stereocenters. The van der Waals surface area contributed by atoms with Crippen molar-refractivity contribution in [2.24, 2.45) is 0 Å². The van der Waals surface area contributed by atoms with Gasteiger partial charge in [0.15, 0.2) is 0 Å². The Kier molecular flexibility index (Phi) is 4.50. The van der Waals surface area contributed by atoms with Gasteiger partial charge in [-0.3, -0.25) is 4.79 Å². The molecule has 1 N–H and O–H groups in total. The van der Waals surface area contributed by atoms with Crippen molar-refractivity contribution in [3.05, 3.63) is 52.1 Å². The number of nitrogens with one attached hydrogen (secondary N) is 1. The maximum absolute atomic E-state index is 12.6. The van der Waals surface area contributed by atoms with Gasteiger partial charge in [0.2, 0.25) is 0 Å². The highest BCUT2D eigenvalue weighted by Gasteiger charge is 2.20. The number of hydrogen-bond acceptors (Lipinski definition) is 3. The lowest BCUT2D eigenvalue weighted by Gasteiger charge is -2.19. The largest absolute Gasteiger partial charge is 0.356 e. The van der Waals surface area contributed by atoms with E-state index in [1.807, 2.05) is 0 Å². The zero-order chi connectivity index (χ0) is 15.5. The van der Waals surface area contributed by atoms with Gasteiger partial charge in [-0.1, -0.05) is 23.2 Å². The normalized spacial score (nSPS) is 14.2. The molecule has 0 saturated carbocycles. The van der Waals surface area contributed by atoms with Gasteiger partial charge in [-0.2, -0.15) is 0 Å². The third-order valence-corrected chi connectivity index (χ3v) is 3.99. The van der Waals surface area contributed by atoms with E-state index < -0.39 is 0 Å². The van der Waals surface area contributed by atoms with Crippen LogP contribution in [0.5, 0.6) is 0 Å². The van der Waals surface area contributed by atoms with E-state index in [-0.39, 0.29) is 5.91 Å². The third-order valence-electron chi connectivity index (χ3n) is 3.56. The molecule has 114 valence electrons. The molecule has 0 radical (unpaired) electrons. The number of carbonyl (C=O) groups is 1. The first kappa shape index (κ1) is 15.1. The van der Waals surface area contributed by atoms with Gasteiger partial charge in [-0.15, -0.1) is 0 Å². The molecule has 1 aliphatic rings. The second-order valence-electron chi connectivity index (χ2n) is 5.18. The van der Waals surface area contributed by atoms with Crippen molar-refractivity contribution in [2.45, 2.75) is 12.8 Å². The Balaban J connectivity index is 1.86. The fourth-order valence-electron chi connectivity index (χ4n) is 2.58. The molecule has 1 saturated heterocycles. The molecule has 22 heavy (non-hydrogen) atoms. The number of hydrogen-bond donors (Lipinski definition) is 1. The minimum absolute atomic E-state index is 0.215. The minimum atomic E-state index is -0.215. The molecule has 0 aliphatic carbocycles. The highest BCUT2D eigenvalue weighted by Crippen LogP contribution is 2.25. The Morgan fingerprint density at radius 2 is 1.82 bits per heavy atom. The van der Waals surface area contributed by atoms with Gasteiger partial charge in [-0.25, -0.2) is 4.98 Å². The fraction of sp³-hybridized carbons (Fsp3) is 0.250. The molecule has 6 heteroatoms. The molecule has 0 spiro atoms. The van der Waals surface area contributed by atoms with Gasteiger partial charge in [0.25, 0.3) is 5.91 Å². The zero-order valence-electron chi connectivity index (χ0n) is 11.9. The summed E-state index contributed by atoms with van der Waals surface area (Å²) in [5, 5.41) is 3.79. The first-order chi connectivity index (χ1) is 10.6. The maximum atomic E-state index is 12.6. The van der Waals surface area contributed by atoms with Crippen molar-refractivity contribution in [1.82, 2.24) is 4.98 Å². The average Bonchev–Trinajstić information content (AvgIpc) is 3.00. The number of benzene rings is 1. The van der Waals surface area contributed by atoms with E-state index in [0.29, 0.717) is 21.3 Å². The van der Waals surface area contributed by atoms with Crippen LogP contribution in [0.15, 0.2) is 36.5 Å². The van der Waals surface area contributed by atoms with Crippen LogP contribution in [-0.4, -0.2) is 24.0 Å². The van der Waals surface area contributed by atoms with E-state index in [9.17, 15) is 4.79 Å². The molecule has 3 rings (SSSR count). The lowest BCUT2D eigenvalue weighted by molar-refractivity contribution is 0.102. The summed E-state index contributed by atoms with van der Waals surface area (Å²) in [7, 11) is 0. The van der Waals surface area contributed by atoms with Crippen molar-refractivity contribution in [3.8, 4) is 0 Å². The second-order valence-corrected chi connectivity index (χ2v) is 6.05. The van der Waals surface area contributed by atoms with Crippen molar-refractivity contribution in [2.75, 3.05) is 23.3 Å². The van der Waals surface area contributed by atoms with Gasteiger partial charge in [0.05, 0.1) is 5.56 Å². The van der Waals surface area contributed by atoms with Crippen LogP contribution >= 0.6 is 23.2 Å². The van der Waals surface area contributed by atoms with Crippen LogP contribution in [0, 0.1) is 0 Å². The number of pyridine rings is 1. The summed E-state index contributed by atoms with van der Waals surface area (Å²) in [5.41, 5.74) is 1.12. The van der Waals surface area contributed by atoms with Gasteiger partial charge in [0, 0.05) is 35.0 Å². The van der Waals surface area contributed by atoms with Crippen molar-refractivity contribution < 1.29 is 4.79 Å². The van der Waals surface area contributed by atoms with E-state index >= 15 is 0 Å². The number of carbonyl (C=O) groups excluding carboxylic acids is 1. The highest BCUT2D eigenvalue weighted by atomic mass is 35.5. The molecule has 1 amide bonds. The molecule has 0 atom stereocenters. The molecular weight excluding hydrogens is 321 g/mol.